The SMILES string of the molecule is Nc1ccc2ooc2c1N. The van der Waals surface area contributed by atoms with Crippen LogP contribution in [-0.2, 0) is 0 Å². The molecule has 4 N–H and O–H groups in total. The van der Waals surface area contributed by atoms with Crippen LogP contribution in [0.4, 0.5) is 11.4 Å². The highest BCUT2D eigenvalue weighted by molar-refractivity contribution is 5.91. The molecule has 2 rings (SSSR count). The Labute approximate surface area is 56.3 Å². The fourth-order valence-corrected chi connectivity index (χ4v) is 0.799. The molecule has 0 saturated heterocycles. The van der Waals surface area contributed by atoms with Gasteiger partial charge in [0.05, 0.1) is 5.69 Å². The average molecular weight is 138 g/mol. The lowest BCUT2D eigenvalue weighted by molar-refractivity contribution is 0.0597. The largest absolute Gasteiger partial charge is 0.397 e. The zero-order valence-corrected chi connectivity index (χ0v) is 5.13. The number of nitrogens with two attached hydrogens (primary N) is 2. The minimum absolute atomic E-state index is 0.448. The van der Waals surface area contributed by atoms with Crippen molar-refractivity contribution in [2.24, 2.45) is 0 Å². The van der Waals surface area contributed by atoms with Crippen molar-refractivity contribution < 1.29 is 9.15 Å². The van der Waals surface area contributed by atoms with Crippen LogP contribution in [0.5, 0.6) is 0 Å². The Morgan fingerprint density at radius 1 is 1.10 bits per heavy atom. The topological polar surface area (TPSA) is 78.3 Å². The van der Waals surface area contributed by atoms with Gasteiger partial charge in [0, 0.05) is 0 Å². The van der Waals surface area contributed by atoms with E-state index in [9.17, 15) is 0 Å². The van der Waals surface area contributed by atoms with E-state index in [0.717, 1.165) is 0 Å². The van der Waals surface area contributed by atoms with Crippen molar-refractivity contribution in [2.45, 2.75) is 0 Å². The molecule has 0 saturated carbocycles. The van der Waals surface area contributed by atoms with Crippen LogP contribution in [0.2, 0.25) is 0 Å². The van der Waals surface area contributed by atoms with Crippen LogP contribution in [0.1, 0.15) is 0 Å². The second-order valence-corrected chi connectivity index (χ2v) is 2.06. The minimum Gasteiger partial charge on any atom is -0.397 e. The van der Waals surface area contributed by atoms with Crippen molar-refractivity contribution in [3.05, 3.63) is 12.1 Å². The highest BCUT2D eigenvalue weighted by atomic mass is 17.0. The summed E-state index contributed by atoms with van der Waals surface area (Å²) in [7, 11) is 0. The fraction of sp³-hybridized carbons (Fsp3) is 0. The molecule has 1 aromatic carbocycles. The van der Waals surface area contributed by atoms with Crippen LogP contribution in [0.3, 0.4) is 0 Å². The van der Waals surface area contributed by atoms with Gasteiger partial charge < -0.3 is 11.5 Å². The zero-order chi connectivity index (χ0) is 7.14. The van der Waals surface area contributed by atoms with Gasteiger partial charge >= 0.3 is 0 Å². The van der Waals surface area contributed by atoms with E-state index in [1.54, 1.807) is 12.1 Å². The predicted octanol–water partition coefficient (Wildman–Crippen LogP) is 1.19. The summed E-state index contributed by atoms with van der Waals surface area (Å²) in [5, 5.41) is 0. The molecule has 0 bridgehead atoms. The molecule has 0 aliphatic rings. The summed E-state index contributed by atoms with van der Waals surface area (Å²) in [4.78, 5) is 0. The molecule has 4 heteroatoms. The molecule has 52 valence electrons. The Morgan fingerprint density at radius 2 is 1.90 bits per heavy atom. The Kier molecular flexibility index (Phi) is 0.768. The van der Waals surface area contributed by atoms with E-state index in [2.05, 4.69) is 9.15 Å². The highest BCUT2D eigenvalue weighted by Gasteiger charge is 2.09. The summed E-state index contributed by atoms with van der Waals surface area (Å²) >= 11 is 0. The number of fused-ring (bicyclic) bond motifs is 1. The van der Waals surface area contributed by atoms with Crippen molar-refractivity contribution in [1.82, 2.24) is 0 Å². The summed E-state index contributed by atoms with van der Waals surface area (Å²) in [5.74, 6) is 0. The van der Waals surface area contributed by atoms with Crippen LogP contribution in [0.15, 0.2) is 21.3 Å². The monoisotopic (exact) mass is 138 g/mol. The van der Waals surface area contributed by atoms with E-state index in [1.165, 1.54) is 0 Å². The molecule has 0 aliphatic heterocycles. The molecule has 0 spiro atoms. The Bertz CT molecular complexity index is 361. The molecule has 0 fully saturated rings. The first kappa shape index (κ1) is 5.22. The fourth-order valence-electron chi connectivity index (χ4n) is 0.799. The molecule has 0 atom stereocenters. The number of hydrogen-bond donors (Lipinski definition) is 2. The minimum atomic E-state index is 0.448. The third-order valence-corrected chi connectivity index (χ3v) is 1.41. The van der Waals surface area contributed by atoms with Gasteiger partial charge in [-0.25, -0.2) is 0 Å². The molecule has 10 heavy (non-hydrogen) atoms. The maximum absolute atomic E-state index is 5.50. The second kappa shape index (κ2) is 1.47. The van der Waals surface area contributed by atoms with Crippen molar-refractivity contribution in [2.75, 3.05) is 11.5 Å². The lowest BCUT2D eigenvalue weighted by Crippen LogP contribution is -1.95. The molecule has 1 aromatic heterocycles. The van der Waals surface area contributed by atoms with E-state index in [0.29, 0.717) is 22.5 Å². The molecule has 4 nitrogen and oxygen atoms in total. The van der Waals surface area contributed by atoms with Crippen molar-refractivity contribution in [3.63, 3.8) is 0 Å². The molecule has 0 unspecified atom stereocenters. The molecule has 0 radical (unpaired) electrons. The van der Waals surface area contributed by atoms with Gasteiger partial charge in [-0.05, 0) is 12.1 Å². The molecule has 0 aliphatic carbocycles. The maximum Gasteiger partial charge on any atom is 0.250 e. The Morgan fingerprint density at radius 3 is 2.40 bits per heavy atom. The Hall–Kier alpha value is -1.58. The van der Waals surface area contributed by atoms with Gasteiger partial charge in [0.15, 0.2) is 0 Å². The lowest BCUT2D eigenvalue weighted by Gasteiger charge is -2.02. The van der Waals surface area contributed by atoms with E-state index < -0.39 is 0 Å². The summed E-state index contributed by atoms with van der Waals surface area (Å²) in [6.45, 7) is 0. The molecule has 0 amide bonds. The summed E-state index contributed by atoms with van der Waals surface area (Å²) in [5.41, 5.74) is 13.1. The quantitative estimate of drug-likeness (QED) is 0.423. The number of rotatable bonds is 0. The first-order valence-corrected chi connectivity index (χ1v) is 2.81. The van der Waals surface area contributed by atoms with Crippen LogP contribution < -0.4 is 11.5 Å². The summed E-state index contributed by atoms with van der Waals surface area (Å²) in [6.07, 6.45) is 0. The molecule has 1 heterocycles. The van der Waals surface area contributed by atoms with Gasteiger partial charge in [-0.3, -0.25) is 9.15 Å². The average Bonchev–Trinajstić information content (AvgIpc) is 1.82. The van der Waals surface area contributed by atoms with Crippen molar-refractivity contribution in [1.29, 1.82) is 0 Å². The number of benzene rings is 1. The van der Waals surface area contributed by atoms with E-state index in [1.807, 2.05) is 0 Å². The number of anilines is 2. The number of hydrogen-bond acceptors (Lipinski definition) is 4. The van der Waals surface area contributed by atoms with Gasteiger partial charge in [-0.2, -0.15) is 0 Å². The Balaban J connectivity index is 2.84. The standard InChI is InChI=1S/C6H6N2O2/c7-3-1-2-4-6(5(3)8)10-9-4/h1-2H,7-8H2. The first-order chi connectivity index (χ1) is 4.79. The molecular weight excluding hydrogens is 132 g/mol. The van der Waals surface area contributed by atoms with Crippen LogP contribution in [-0.4, -0.2) is 0 Å². The van der Waals surface area contributed by atoms with E-state index in [-0.39, 0.29) is 0 Å². The second-order valence-electron chi connectivity index (χ2n) is 2.06. The molecule has 2 aromatic rings. The third-order valence-electron chi connectivity index (χ3n) is 1.41. The summed E-state index contributed by atoms with van der Waals surface area (Å²) < 4.78 is 9.16. The zero-order valence-electron chi connectivity index (χ0n) is 5.13. The highest BCUT2D eigenvalue weighted by Crippen LogP contribution is 2.28. The predicted molar refractivity (Wildman–Crippen MR) is 37.3 cm³/mol. The van der Waals surface area contributed by atoms with Crippen molar-refractivity contribution >= 4 is 22.5 Å². The molecular formula is C6H6N2O2. The third kappa shape index (κ3) is 0.452. The van der Waals surface area contributed by atoms with Gasteiger partial charge in [-0.15, -0.1) is 0 Å². The van der Waals surface area contributed by atoms with E-state index >= 15 is 0 Å². The van der Waals surface area contributed by atoms with Crippen molar-refractivity contribution in [3.8, 4) is 0 Å². The van der Waals surface area contributed by atoms with Gasteiger partial charge in [0.2, 0.25) is 5.58 Å². The van der Waals surface area contributed by atoms with Gasteiger partial charge in [0.1, 0.15) is 5.69 Å². The summed E-state index contributed by atoms with van der Waals surface area (Å²) in [6, 6.07) is 3.39. The van der Waals surface area contributed by atoms with Gasteiger partial charge in [0.25, 0.3) is 5.58 Å². The van der Waals surface area contributed by atoms with Crippen LogP contribution in [0.25, 0.3) is 11.2 Å². The first-order valence-electron chi connectivity index (χ1n) is 2.81. The van der Waals surface area contributed by atoms with Crippen LogP contribution in [0, 0.1) is 0 Å². The van der Waals surface area contributed by atoms with E-state index in [4.69, 9.17) is 11.5 Å². The number of nitrogen functional groups attached to an aromatic ring is 2. The maximum atomic E-state index is 5.50. The normalized spacial score (nSPS) is 10.8. The van der Waals surface area contributed by atoms with Gasteiger partial charge in [-0.1, -0.05) is 0 Å². The smallest absolute Gasteiger partial charge is 0.250 e. The van der Waals surface area contributed by atoms with Crippen LogP contribution >= 0.6 is 0 Å². The lowest BCUT2D eigenvalue weighted by atomic mass is 10.2.